The van der Waals surface area contributed by atoms with Gasteiger partial charge in [-0.15, -0.1) is 0 Å². The zero-order valence-corrected chi connectivity index (χ0v) is 12.9. The first-order valence-corrected chi connectivity index (χ1v) is 8.14. The summed E-state index contributed by atoms with van der Waals surface area (Å²) in [7, 11) is 4.30. The molecule has 0 unspecified atom stereocenters. The fourth-order valence-corrected chi connectivity index (χ4v) is 2.43. The maximum atomic E-state index is 13.7. The highest BCUT2D eigenvalue weighted by Crippen LogP contribution is 2.33. The molecule has 21 heavy (non-hydrogen) atoms. The van der Waals surface area contributed by atoms with E-state index in [-0.39, 0.29) is 12.4 Å². The summed E-state index contributed by atoms with van der Waals surface area (Å²) >= 11 is 0. The van der Waals surface area contributed by atoms with Crippen molar-refractivity contribution in [3.8, 4) is 5.75 Å². The first-order valence-electron chi connectivity index (χ1n) is 5.83. The van der Waals surface area contributed by atoms with Crippen molar-refractivity contribution in [3.63, 3.8) is 0 Å². The van der Waals surface area contributed by atoms with E-state index in [1.54, 1.807) is 0 Å². The molecule has 1 rings (SSSR count). The van der Waals surface area contributed by atoms with Gasteiger partial charge in [0, 0.05) is 29.4 Å². The van der Waals surface area contributed by atoms with Crippen LogP contribution in [-0.4, -0.2) is 45.5 Å². The molecule has 0 saturated heterocycles. The average Bonchev–Trinajstić information content (AvgIpc) is 2.32. The molecule has 0 radical (unpaired) electrons. The molecule has 0 atom stereocenters. The Morgan fingerprint density at radius 1 is 1.43 bits per heavy atom. The van der Waals surface area contributed by atoms with E-state index in [9.17, 15) is 22.9 Å². The highest BCUT2D eigenvalue weighted by atomic mass is 35.7. The van der Waals surface area contributed by atoms with Crippen LogP contribution in [0.2, 0.25) is 0 Å². The van der Waals surface area contributed by atoms with Crippen LogP contribution in [0.25, 0.3) is 0 Å². The lowest BCUT2D eigenvalue weighted by molar-refractivity contribution is -0.386. The molecule has 0 heterocycles. The Morgan fingerprint density at radius 2 is 2.05 bits per heavy atom. The Balaban J connectivity index is 3.04. The molecule has 0 amide bonds. The summed E-state index contributed by atoms with van der Waals surface area (Å²) in [6.45, 7) is 0.815. The van der Waals surface area contributed by atoms with Crippen molar-refractivity contribution in [2.45, 2.75) is 11.3 Å². The second-order valence-electron chi connectivity index (χ2n) is 4.45. The molecule has 1 aromatic carbocycles. The molecule has 0 saturated carbocycles. The van der Waals surface area contributed by atoms with E-state index in [1.807, 2.05) is 19.0 Å². The van der Waals surface area contributed by atoms with Crippen molar-refractivity contribution in [2.24, 2.45) is 0 Å². The predicted molar refractivity (Wildman–Crippen MR) is 74.8 cm³/mol. The van der Waals surface area contributed by atoms with Gasteiger partial charge in [0.15, 0.2) is 5.75 Å². The van der Waals surface area contributed by atoms with Crippen LogP contribution in [0.4, 0.5) is 10.1 Å². The summed E-state index contributed by atoms with van der Waals surface area (Å²) in [5, 5.41) is 10.9. The fraction of sp³-hybridized carbons (Fsp3) is 0.455. The van der Waals surface area contributed by atoms with Crippen LogP contribution in [0.15, 0.2) is 17.0 Å². The van der Waals surface area contributed by atoms with E-state index in [2.05, 4.69) is 0 Å². The van der Waals surface area contributed by atoms with Crippen molar-refractivity contribution in [1.29, 1.82) is 0 Å². The second kappa shape index (κ2) is 7.01. The SMILES string of the molecule is CN(C)CCCOc1cc(F)c(S(=O)(=O)Cl)cc1[N+](=O)[O-]. The summed E-state index contributed by atoms with van der Waals surface area (Å²) in [5.74, 6) is -1.53. The van der Waals surface area contributed by atoms with Crippen LogP contribution < -0.4 is 4.74 Å². The van der Waals surface area contributed by atoms with Gasteiger partial charge in [-0.1, -0.05) is 0 Å². The smallest absolute Gasteiger partial charge is 0.312 e. The molecular formula is C11H14ClFN2O5S. The standard InChI is InChI=1S/C11H14ClFN2O5S/c1-14(2)4-3-5-20-10-6-8(13)11(21(12,18)19)7-9(10)15(16)17/h6-7H,3-5H2,1-2H3. The molecule has 0 N–H and O–H groups in total. The Labute approximate surface area is 125 Å². The van der Waals surface area contributed by atoms with Crippen LogP contribution in [0.5, 0.6) is 5.75 Å². The molecule has 118 valence electrons. The average molecular weight is 341 g/mol. The Kier molecular flexibility index (Phi) is 5.87. The lowest BCUT2D eigenvalue weighted by Crippen LogP contribution is -2.15. The highest BCUT2D eigenvalue weighted by Gasteiger charge is 2.25. The van der Waals surface area contributed by atoms with Crippen molar-refractivity contribution >= 4 is 25.4 Å². The summed E-state index contributed by atoms with van der Waals surface area (Å²) in [4.78, 5) is 11.0. The first-order chi connectivity index (χ1) is 9.62. The van der Waals surface area contributed by atoms with E-state index in [0.29, 0.717) is 25.1 Å². The third-order valence-electron chi connectivity index (χ3n) is 2.48. The van der Waals surface area contributed by atoms with Gasteiger partial charge in [-0.25, -0.2) is 12.8 Å². The third kappa shape index (κ3) is 5.10. The van der Waals surface area contributed by atoms with Gasteiger partial charge in [0.05, 0.1) is 11.5 Å². The number of nitro benzene ring substituents is 1. The first kappa shape index (κ1) is 17.6. The van der Waals surface area contributed by atoms with Gasteiger partial charge in [0.25, 0.3) is 9.05 Å². The lowest BCUT2D eigenvalue weighted by Gasteiger charge is -2.11. The van der Waals surface area contributed by atoms with Gasteiger partial charge in [0.2, 0.25) is 0 Å². The summed E-state index contributed by atoms with van der Waals surface area (Å²) in [6.07, 6.45) is 0.571. The molecule has 0 aromatic heterocycles. The van der Waals surface area contributed by atoms with E-state index in [4.69, 9.17) is 15.4 Å². The molecule has 0 aliphatic carbocycles. The maximum Gasteiger partial charge on any atom is 0.312 e. The maximum absolute atomic E-state index is 13.7. The number of benzene rings is 1. The number of nitro groups is 1. The number of ether oxygens (including phenoxy) is 1. The van der Waals surface area contributed by atoms with Gasteiger partial charge < -0.3 is 9.64 Å². The molecule has 1 aromatic rings. The minimum absolute atomic E-state index is 0.130. The second-order valence-corrected chi connectivity index (χ2v) is 6.98. The minimum atomic E-state index is -4.41. The number of hydrogen-bond donors (Lipinski definition) is 0. The quantitative estimate of drug-likeness (QED) is 0.326. The number of rotatable bonds is 7. The predicted octanol–water partition coefficient (Wildman–Crippen LogP) is 1.99. The molecule has 0 bridgehead atoms. The Bertz CT molecular complexity index is 636. The molecule has 7 nitrogen and oxygen atoms in total. The molecule has 0 spiro atoms. The topological polar surface area (TPSA) is 89.8 Å². The molecule has 0 aliphatic rings. The van der Waals surface area contributed by atoms with Crippen LogP contribution >= 0.6 is 10.7 Å². The van der Waals surface area contributed by atoms with E-state index in [1.165, 1.54) is 0 Å². The van der Waals surface area contributed by atoms with Gasteiger partial charge >= 0.3 is 5.69 Å². The van der Waals surface area contributed by atoms with Crippen molar-refractivity contribution in [2.75, 3.05) is 27.2 Å². The van der Waals surface area contributed by atoms with Crippen LogP contribution in [0, 0.1) is 15.9 Å². The van der Waals surface area contributed by atoms with Gasteiger partial charge in [-0.2, -0.15) is 0 Å². The lowest BCUT2D eigenvalue weighted by atomic mass is 10.3. The van der Waals surface area contributed by atoms with E-state index in [0.717, 1.165) is 0 Å². The summed E-state index contributed by atoms with van der Waals surface area (Å²) in [6, 6.07) is 1.21. The highest BCUT2D eigenvalue weighted by molar-refractivity contribution is 8.13. The Hall–Kier alpha value is -1.45. The van der Waals surface area contributed by atoms with Crippen molar-refractivity contribution in [3.05, 3.63) is 28.1 Å². The molecule has 0 fully saturated rings. The summed E-state index contributed by atoms with van der Waals surface area (Å²) in [5.41, 5.74) is -0.652. The number of nitrogens with zero attached hydrogens (tertiary/aromatic N) is 2. The van der Waals surface area contributed by atoms with E-state index >= 15 is 0 Å². The van der Waals surface area contributed by atoms with Gasteiger partial charge in [-0.3, -0.25) is 10.1 Å². The third-order valence-corrected chi connectivity index (χ3v) is 3.82. The monoisotopic (exact) mass is 340 g/mol. The Morgan fingerprint density at radius 3 is 2.52 bits per heavy atom. The minimum Gasteiger partial charge on any atom is -0.487 e. The van der Waals surface area contributed by atoms with Gasteiger partial charge in [0.1, 0.15) is 10.7 Å². The zero-order valence-electron chi connectivity index (χ0n) is 11.4. The van der Waals surface area contributed by atoms with Gasteiger partial charge in [-0.05, 0) is 20.5 Å². The zero-order chi connectivity index (χ0) is 16.2. The summed E-state index contributed by atoms with van der Waals surface area (Å²) < 4.78 is 41.1. The van der Waals surface area contributed by atoms with Crippen LogP contribution in [0.1, 0.15) is 6.42 Å². The number of hydrogen-bond acceptors (Lipinski definition) is 6. The van der Waals surface area contributed by atoms with Crippen molar-refractivity contribution in [1.82, 2.24) is 4.90 Å². The molecule has 0 aliphatic heterocycles. The normalized spacial score (nSPS) is 11.7. The van der Waals surface area contributed by atoms with E-state index < -0.39 is 30.4 Å². The fourth-order valence-electron chi connectivity index (χ4n) is 1.53. The van der Waals surface area contributed by atoms with Crippen LogP contribution in [0.3, 0.4) is 0 Å². The molecule has 10 heteroatoms. The molecular weight excluding hydrogens is 327 g/mol. The van der Waals surface area contributed by atoms with Crippen molar-refractivity contribution < 1.29 is 22.5 Å². The largest absolute Gasteiger partial charge is 0.487 e. The number of halogens is 2. The van der Waals surface area contributed by atoms with Crippen LogP contribution in [-0.2, 0) is 9.05 Å².